The number of likely N-dealkylation sites (tertiary alicyclic amines) is 1. The molecule has 2 fully saturated rings. The number of hydrogen-bond donors (Lipinski definition) is 2. The molecule has 2 heterocycles. The fourth-order valence-electron chi connectivity index (χ4n) is 3.69. The molecule has 1 amide bonds. The van der Waals surface area contributed by atoms with Gasteiger partial charge in [-0.3, -0.25) is 10.2 Å². The lowest BCUT2D eigenvalue weighted by atomic mass is 9.93. The lowest BCUT2D eigenvalue weighted by Gasteiger charge is -2.42. The van der Waals surface area contributed by atoms with Gasteiger partial charge in [0.2, 0.25) is 5.91 Å². The third kappa shape index (κ3) is 3.77. The zero-order valence-corrected chi connectivity index (χ0v) is 15.4. The van der Waals surface area contributed by atoms with Gasteiger partial charge < -0.3 is 14.4 Å². The molecule has 0 aromatic heterocycles. The third-order valence-corrected chi connectivity index (χ3v) is 5.28. The SMILES string of the molecule is COc1ccccc1OCC1CC(C(=O)N2CCC2c2ccccc2)NN1. The molecule has 2 aromatic carbocycles. The highest BCUT2D eigenvalue weighted by Crippen LogP contribution is 2.34. The summed E-state index contributed by atoms with van der Waals surface area (Å²) >= 11 is 0. The third-order valence-electron chi connectivity index (χ3n) is 5.28. The fraction of sp³-hybridized carbons (Fsp3) is 0.381. The van der Waals surface area contributed by atoms with Gasteiger partial charge >= 0.3 is 0 Å². The predicted molar refractivity (Wildman–Crippen MR) is 102 cm³/mol. The van der Waals surface area contributed by atoms with E-state index in [-0.39, 0.29) is 24.0 Å². The van der Waals surface area contributed by atoms with Gasteiger partial charge in [-0.1, -0.05) is 42.5 Å². The Morgan fingerprint density at radius 2 is 1.81 bits per heavy atom. The van der Waals surface area contributed by atoms with Crippen molar-refractivity contribution in [3.63, 3.8) is 0 Å². The summed E-state index contributed by atoms with van der Waals surface area (Å²) in [6, 6.07) is 17.9. The number of methoxy groups -OCH3 is 1. The number of benzene rings is 2. The molecule has 3 atom stereocenters. The number of hydrogen-bond acceptors (Lipinski definition) is 5. The van der Waals surface area contributed by atoms with Gasteiger partial charge in [-0.2, -0.15) is 0 Å². The van der Waals surface area contributed by atoms with Crippen molar-refractivity contribution < 1.29 is 14.3 Å². The van der Waals surface area contributed by atoms with Crippen LogP contribution in [-0.4, -0.2) is 43.2 Å². The van der Waals surface area contributed by atoms with Crippen molar-refractivity contribution in [2.45, 2.75) is 31.0 Å². The van der Waals surface area contributed by atoms with Gasteiger partial charge in [0.1, 0.15) is 12.6 Å². The monoisotopic (exact) mass is 367 g/mol. The molecule has 6 heteroatoms. The Labute approximate surface area is 159 Å². The maximum absolute atomic E-state index is 12.9. The van der Waals surface area contributed by atoms with Crippen LogP contribution >= 0.6 is 0 Å². The maximum Gasteiger partial charge on any atom is 0.241 e. The molecule has 2 aliphatic heterocycles. The normalized spacial score (nSPS) is 24.3. The smallest absolute Gasteiger partial charge is 0.241 e. The van der Waals surface area contributed by atoms with E-state index in [0.717, 1.165) is 13.0 Å². The van der Waals surface area contributed by atoms with Crippen molar-refractivity contribution in [3.05, 3.63) is 60.2 Å². The molecule has 0 radical (unpaired) electrons. The molecular formula is C21H25N3O3. The van der Waals surface area contributed by atoms with Crippen molar-refractivity contribution in [2.75, 3.05) is 20.3 Å². The Balaban J connectivity index is 1.31. The number of rotatable bonds is 6. The highest BCUT2D eigenvalue weighted by molar-refractivity contribution is 5.83. The lowest BCUT2D eigenvalue weighted by Crippen LogP contribution is -2.52. The van der Waals surface area contributed by atoms with Gasteiger partial charge in [-0.25, -0.2) is 5.43 Å². The van der Waals surface area contributed by atoms with Crippen molar-refractivity contribution in [1.29, 1.82) is 0 Å². The molecule has 6 nitrogen and oxygen atoms in total. The standard InChI is InChI=1S/C21H25N3O3/c1-26-19-9-5-6-10-20(19)27-14-16-13-17(23-22-16)21(25)24-12-11-18(24)15-7-3-2-4-8-15/h2-10,16-18,22-23H,11-14H2,1H3. The Hall–Kier alpha value is -2.57. The lowest BCUT2D eigenvalue weighted by molar-refractivity contribution is -0.141. The number of nitrogens with one attached hydrogen (secondary N) is 2. The highest BCUT2D eigenvalue weighted by Gasteiger charge is 2.39. The second kappa shape index (κ2) is 7.98. The molecule has 0 spiro atoms. The van der Waals surface area contributed by atoms with Crippen LogP contribution in [0.4, 0.5) is 0 Å². The number of ether oxygens (including phenoxy) is 2. The van der Waals surface area contributed by atoms with E-state index in [1.54, 1.807) is 7.11 Å². The second-order valence-electron chi connectivity index (χ2n) is 6.98. The molecule has 0 saturated carbocycles. The summed E-state index contributed by atoms with van der Waals surface area (Å²) < 4.78 is 11.2. The molecule has 2 N–H and O–H groups in total. The van der Waals surface area contributed by atoms with E-state index in [1.807, 2.05) is 47.4 Å². The summed E-state index contributed by atoms with van der Waals surface area (Å²) in [5.74, 6) is 1.58. The minimum atomic E-state index is -0.220. The maximum atomic E-state index is 12.9. The largest absolute Gasteiger partial charge is 0.493 e. The van der Waals surface area contributed by atoms with Gasteiger partial charge in [0.05, 0.1) is 19.2 Å². The number of hydrazine groups is 1. The first kappa shape index (κ1) is 17.8. The summed E-state index contributed by atoms with van der Waals surface area (Å²) in [4.78, 5) is 14.9. The van der Waals surface area contributed by atoms with Crippen LogP contribution in [-0.2, 0) is 4.79 Å². The second-order valence-corrected chi connectivity index (χ2v) is 6.98. The Morgan fingerprint density at radius 3 is 2.52 bits per heavy atom. The minimum absolute atomic E-state index is 0.0697. The van der Waals surface area contributed by atoms with Gasteiger partial charge in [-0.15, -0.1) is 0 Å². The number of carbonyl (C=O) groups is 1. The van der Waals surface area contributed by atoms with E-state index < -0.39 is 0 Å². The van der Waals surface area contributed by atoms with Gasteiger partial charge in [-0.05, 0) is 30.5 Å². The zero-order valence-electron chi connectivity index (χ0n) is 15.4. The molecule has 2 aliphatic rings. The summed E-state index contributed by atoms with van der Waals surface area (Å²) in [6.45, 7) is 1.29. The summed E-state index contributed by atoms with van der Waals surface area (Å²) in [5.41, 5.74) is 7.54. The van der Waals surface area contributed by atoms with Crippen LogP contribution < -0.4 is 20.3 Å². The number of carbonyl (C=O) groups excluding carboxylic acids is 1. The topological polar surface area (TPSA) is 62.8 Å². The van der Waals surface area contributed by atoms with E-state index in [1.165, 1.54) is 5.56 Å². The van der Waals surface area contributed by atoms with Crippen molar-refractivity contribution in [3.8, 4) is 11.5 Å². The van der Waals surface area contributed by atoms with Crippen molar-refractivity contribution in [1.82, 2.24) is 15.8 Å². The molecule has 0 aliphatic carbocycles. The van der Waals surface area contributed by atoms with Crippen LogP contribution in [0, 0.1) is 0 Å². The molecule has 0 bridgehead atoms. The van der Waals surface area contributed by atoms with E-state index in [0.29, 0.717) is 24.5 Å². The first-order valence-corrected chi connectivity index (χ1v) is 9.38. The predicted octanol–water partition coefficient (Wildman–Crippen LogP) is 2.28. The quantitative estimate of drug-likeness (QED) is 0.820. The molecule has 2 saturated heterocycles. The van der Waals surface area contributed by atoms with E-state index >= 15 is 0 Å². The first-order chi connectivity index (χ1) is 13.3. The molecular weight excluding hydrogens is 342 g/mol. The average Bonchev–Trinajstić information content (AvgIpc) is 3.16. The average molecular weight is 367 g/mol. The fourth-order valence-corrected chi connectivity index (χ4v) is 3.69. The van der Waals surface area contributed by atoms with Crippen LogP contribution in [0.15, 0.2) is 54.6 Å². The Morgan fingerprint density at radius 1 is 1.07 bits per heavy atom. The van der Waals surface area contributed by atoms with Gasteiger partial charge in [0, 0.05) is 6.54 Å². The summed E-state index contributed by atoms with van der Waals surface area (Å²) in [5, 5.41) is 0. The highest BCUT2D eigenvalue weighted by atomic mass is 16.5. The zero-order chi connectivity index (χ0) is 18.6. The Kier molecular flexibility index (Phi) is 5.27. The van der Waals surface area contributed by atoms with E-state index in [2.05, 4.69) is 23.0 Å². The van der Waals surface area contributed by atoms with Crippen molar-refractivity contribution in [2.24, 2.45) is 0 Å². The van der Waals surface area contributed by atoms with Crippen LogP contribution in [0.2, 0.25) is 0 Å². The molecule has 2 aromatic rings. The Bertz CT molecular complexity index is 783. The molecule has 27 heavy (non-hydrogen) atoms. The number of para-hydroxylation sites is 2. The first-order valence-electron chi connectivity index (χ1n) is 9.38. The summed E-state index contributed by atoms with van der Waals surface area (Å²) in [6.07, 6.45) is 1.72. The molecule has 142 valence electrons. The van der Waals surface area contributed by atoms with Crippen LogP contribution in [0.3, 0.4) is 0 Å². The number of nitrogens with zero attached hydrogens (tertiary/aromatic N) is 1. The van der Waals surface area contributed by atoms with Crippen LogP contribution in [0.25, 0.3) is 0 Å². The molecule has 3 unspecified atom stereocenters. The van der Waals surface area contributed by atoms with E-state index in [9.17, 15) is 4.79 Å². The minimum Gasteiger partial charge on any atom is -0.493 e. The van der Waals surface area contributed by atoms with Crippen LogP contribution in [0.5, 0.6) is 11.5 Å². The van der Waals surface area contributed by atoms with Crippen molar-refractivity contribution >= 4 is 5.91 Å². The van der Waals surface area contributed by atoms with Crippen LogP contribution in [0.1, 0.15) is 24.4 Å². The summed E-state index contributed by atoms with van der Waals surface area (Å²) in [7, 11) is 1.63. The van der Waals surface area contributed by atoms with Gasteiger partial charge in [0.15, 0.2) is 11.5 Å². The van der Waals surface area contributed by atoms with E-state index in [4.69, 9.17) is 9.47 Å². The van der Waals surface area contributed by atoms with Gasteiger partial charge in [0.25, 0.3) is 0 Å². The molecule has 4 rings (SSSR count). The number of amides is 1.